The molecule has 1 aromatic carbocycles. The molecule has 2 aromatic rings. The number of thiophene rings is 1. The van der Waals surface area contributed by atoms with Crippen molar-refractivity contribution in [2.45, 2.75) is 24.7 Å². The van der Waals surface area contributed by atoms with Gasteiger partial charge in [0.2, 0.25) is 10.0 Å². The Morgan fingerprint density at radius 3 is 2.57 bits per heavy atom. The second kappa shape index (κ2) is 6.22. The number of fused-ring (bicyclic) bond motifs is 1. The van der Waals surface area contributed by atoms with E-state index >= 15 is 0 Å². The summed E-state index contributed by atoms with van der Waals surface area (Å²) in [6, 6.07) is 7.19. The number of piperidine rings is 1. The molecule has 0 radical (unpaired) electrons. The van der Waals surface area contributed by atoms with Crippen LogP contribution in [0.1, 0.15) is 29.4 Å². The molecule has 5 nitrogen and oxygen atoms in total. The number of carbonyl (C=O) groups is 1. The van der Waals surface area contributed by atoms with Gasteiger partial charge in [-0.3, -0.25) is 0 Å². The second-order valence-electron chi connectivity index (χ2n) is 5.83. The minimum absolute atomic E-state index is 0.0968. The number of sulfonamides is 1. The summed E-state index contributed by atoms with van der Waals surface area (Å²) in [6.07, 6.45) is 1.68. The van der Waals surface area contributed by atoms with Gasteiger partial charge >= 0.3 is 5.97 Å². The van der Waals surface area contributed by atoms with Crippen LogP contribution < -0.4 is 0 Å². The van der Waals surface area contributed by atoms with Crippen molar-refractivity contribution >= 4 is 37.4 Å². The smallest absolute Gasteiger partial charge is 0.349 e. The average Bonchev–Trinajstić information content (AvgIpc) is 2.94. The molecule has 0 aliphatic carbocycles. The minimum Gasteiger partial charge on any atom is -0.465 e. The van der Waals surface area contributed by atoms with E-state index in [4.69, 9.17) is 4.74 Å². The van der Waals surface area contributed by atoms with Crippen LogP contribution in [0.3, 0.4) is 0 Å². The summed E-state index contributed by atoms with van der Waals surface area (Å²) in [7, 11) is -2.44. The van der Waals surface area contributed by atoms with Gasteiger partial charge in [0.1, 0.15) is 9.77 Å². The number of carbonyl (C=O) groups excluding carboxylic acids is 1. The van der Waals surface area contributed by atoms with Gasteiger partial charge in [0.05, 0.1) is 7.11 Å². The largest absolute Gasteiger partial charge is 0.465 e. The second-order valence-corrected chi connectivity index (χ2v) is 8.76. The molecule has 0 unspecified atom stereocenters. The lowest BCUT2D eigenvalue weighted by Crippen LogP contribution is -2.38. The molecule has 1 aliphatic rings. The Hall–Kier alpha value is -1.44. The van der Waals surface area contributed by atoms with E-state index in [1.807, 2.05) is 12.1 Å². The van der Waals surface area contributed by atoms with E-state index in [2.05, 4.69) is 6.92 Å². The molecule has 0 spiro atoms. The molecule has 7 heteroatoms. The Morgan fingerprint density at radius 1 is 1.26 bits per heavy atom. The number of methoxy groups -OCH3 is 1. The fraction of sp³-hybridized carbons (Fsp3) is 0.438. The maximum absolute atomic E-state index is 13.1. The van der Waals surface area contributed by atoms with Crippen LogP contribution in [0.5, 0.6) is 0 Å². The number of esters is 1. The van der Waals surface area contributed by atoms with Crippen LogP contribution in [0.15, 0.2) is 29.2 Å². The van der Waals surface area contributed by atoms with Crippen LogP contribution >= 0.6 is 11.3 Å². The first kappa shape index (κ1) is 16.4. The van der Waals surface area contributed by atoms with Crippen molar-refractivity contribution in [1.29, 1.82) is 0 Å². The van der Waals surface area contributed by atoms with Gasteiger partial charge in [-0.25, -0.2) is 13.2 Å². The molecular weight excluding hydrogens is 334 g/mol. The molecule has 0 bridgehead atoms. The summed E-state index contributed by atoms with van der Waals surface area (Å²) in [5.41, 5.74) is 0. The van der Waals surface area contributed by atoms with Crippen molar-refractivity contribution in [2.75, 3.05) is 20.2 Å². The van der Waals surface area contributed by atoms with Crippen LogP contribution in [-0.2, 0) is 14.8 Å². The van der Waals surface area contributed by atoms with E-state index in [1.165, 1.54) is 22.8 Å². The van der Waals surface area contributed by atoms with Crippen LogP contribution in [0.4, 0.5) is 0 Å². The Morgan fingerprint density at radius 2 is 1.91 bits per heavy atom. The van der Waals surface area contributed by atoms with Crippen molar-refractivity contribution in [3.05, 3.63) is 29.1 Å². The number of benzene rings is 1. The van der Waals surface area contributed by atoms with Gasteiger partial charge in [-0.05, 0) is 24.8 Å². The molecule has 1 aliphatic heterocycles. The fourth-order valence-corrected chi connectivity index (χ4v) is 6.10. The van der Waals surface area contributed by atoms with Gasteiger partial charge < -0.3 is 4.74 Å². The molecule has 2 heterocycles. The average molecular weight is 353 g/mol. The minimum atomic E-state index is -3.71. The summed E-state index contributed by atoms with van der Waals surface area (Å²) < 4.78 is 33.3. The van der Waals surface area contributed by atoms with Gasteiger partial charge in [0, 0.05) is 23.2 Å². The number of rotatable bonds is 3. The normalized spacial score (nSPS) is 17.5. The SMILES string of the molecule is COC(=O)c1sc2ccccc2c1S(=O)(=O)N1CCC(C)CC1. The van der Waals surface area contributed by atoms with Crippen LogP contribution in [0.2, 0.25) is 0 Å². The first-order valence-corrected chi connectivity index (χ1v) is 9.80. The zero-order chi connectivity index (χ0) is 16.6. The maximum Gasteiger partial charge on any atom is 0.349 e. The number of ether oxygens (including phenoxy) is 1. The first-order chi connectivity index (χ1) is 10.9. The summed E-state index contributed by atoms with van der Waals surface area (Å²) in [5, 5.41) is 0.594. The molecule has 1 aromatic heterocycles. The number of nitrogens with zero attached hydrogens (tertiary/aromatic N) is 1. The van der Waals surface area contributed by atoms with Gasteiger partial charge in [-0.2, -0.15) is 4.31 Å². The highest BCUT2D eigenvalue weighted by atomic mass is 32.2. The van der Waals surface area contributed by atoms with Crippen molar-refractivity contribution in [3.8, 4) is 0 Å². The van der Waals surface area contributed by atoms with Crippen molar-refractivity contribution in [2.24, 2.45) is 5.92 Å². The molecule has 1 saturated heterocycles. The standard InChI is InChI=1S/C16H19NO4S2/c1-11-7-9-17(10-8-11)23(19,20)15-12-5-3-4-6-13(12)22-14(15)16(18)21-2/h3-6,11H,7-10H2,1-2H3. The maximum atomic E-state index is 13.1. The van der Waals surface area contributed by atoms with E-state index < -0.39 is 16.0 Å². The highest BCUT2D eigenvalue weighted by Crippen LogP contribution is 2.37. The third-order valence-electron chi connectivity index (χ3n) is 4.26. The summed E-state index contributed by atoms with van der Waals surface area (Å²) in [5.74, 6) is -0.0732. The van der Waals surface area contributed by atoms with Gasteiger partial charge in [0.25, 0.3) is 0 Å². The molecular formula is C16H19NO4S2. The lowest BCUT2D eigenvalue weighted by Gasteiger charge is -2.29. The quantitative estimate of drug-likeness (QED) is 0.796. The fourth-order valence-electron chi connectivity index (χ4n) is 2.86. The molecule has 0 atom stereocenters. The molecule has 1 fully saturated rings. The molecule has 0 saturated carbocycles. The molecule has 124 valence electrons. The Labute approximate surface area is 139 Å². The number of hydrogen-bond donors (Lipinski definition) is 0. The van der Waals surface area contributed by atoms with E-state index in [0.29, 0.717) is 24.4 Å². The monoisotopic (exact) mass is 353 g/mol. The zero-order valence-electron chi connectivity index (χ0n) is 13.1. The summed E-state index contributed by atoms with van der Waals surface area (Å²) in [4.78, 5) is 12.3. The zero-order valence-corrected chi connectivity index (χ0v) is 14.7. The van der Waals surface area contributed by atoms with Crippen LogP contribution in [-0.4, -0.2) is 38.9 Å². The van der Waals surface area contributed by atoms with Crippen LogP contribution in [0, 0.1) is 5.92 Å². The third-order valence-corrected chi connectivity index (χ3v) is 7.53. The predicted molar refractivity (Wildman–Crippen MR) is 90.3 cm³/mol. The van der Waals surface area contributed by atoms with E-state index in [0.717, 1.165) is 17.5 Å². The van der Waals surface area contributed by atoms with E-state index in [-0.39, 0.29) is 9.77 Å². The first-order valence-electron chi connectivity index (χ1n) is 7.55. The molecule has 23 heavy (non-hydrogen) atoms. The highest BCUT2D eigenvalue weighted by Gasteiger charge is 2.35. The van der Waals surface area contributed by atoms with E-state index in [1.54, 1.807) is 12.1 Å². The predicted octanol–water partition coefficient (Wildman–Crippen LogP) is 3.11. The lowest BCUT2D eigenvalue weighted by atomic mass is 10.0. The number of hydrogen-bond acceptors (Lipinski definition) is 5. The summed E-state index contributed by atoms with van der Waals surface area (Å²) >= 11 is 1.17. The third kappa shape index (κ3) is 2.88. The molecule has 3 rings (SSSR count). The topological polar surface area (TPSA) is 63.7 Å². The molecule has 0 amide bonds. The lowest BCUT2D eigenvalue weighted by molar-refractivity contribution is 0.0602. The summed E-state index contributed by atoms with van der Waals surface area (Å²) in [6.45, 7) is 3.12. The van der Waals surface area contributed by atoms with Gasteiger partial charge in [-0.1, -0.05) is 25.1 Å². The van der Waals surface area contributed by atoms with Gasteiger partial charge in [-0.15, -0.1) is 11.3 Å². The van der Waals surface area contributed by atoms with E-state index in [9.17, 15) is 13.2 Å². The van der Waals surface area contributed by atoms with Crippen molar-refractivity contribution in [3.63, 3.8) is 0 Å². The van der Waals surface area contributed by atoms with Crippen molar-refractivity contribution < 1.29 is 17.9 Å². The Balaban J connectivity index is 2.15. The Kier molecular flexibility index (Phi) is 4.44. The van der Waals surface area contributed by atoms with Gasteiger partial charge in [0.15, 0.2) is 0 Å². The van der Waals surface area contributed by atoms with Crippen molar-refractivity contribution in [1.82, 2.24) is 4.31 Å². The Bertz CT molecular complexity index is 833. The van der Waals surface area contributed by atoms with Crippen LogP contribution in [0.25, 0.3) is 10.1 Å². The molecule has 0 N–H and O–H groups in total. The highest BCUT2D eigenvalue weighted by molar-refractivity contribution is 7.89.